The Morgan fingerprint density at radius 3 is 0.753 bits per heavy atom. The quantitative estimate of drug-likeness (QED) is 0.0261. The molecule has 6 heteroatoms. The zero-order valence-corrected chi connectivity index (χ0v) is 53.5. The van der Waals surface area contributed by atoms with E-state index in [0.717, 1.165) is 103 Å². The van der Waals surface area contributed by atoms with Crippen molar-refractivity contribution >= 4 is 17.9 Å². The van der Waals surface area contributed by atoms with Gasteiger partial charge in [-0.25, -0.2) is 0 Å². The van der Waals surface area contributed by atoms with Crippen molar-refractivity contribution in [2.24, 2.45) is 0 Å². The highest BCUT2D eigenvalue weighted by Gasteiger charge is 2.19. The molecule has 6 nitrogen and oxygen atoms in total. The number of hydrogen-bond donors (Lipinski definition) is 0. The van der Waals surface area contributed by atoms with Crippen molar-refractivity contribution in [3.63, 3.8) is 0 Å². The van der Waals surface area contributed by atoms with E-state index in [1.165, 1.54) is 199 Å². The van der Waals surface area contributed by atoms with Crippen LogP contribution in [0, 0.1) is 0 Å². The van der Waals surface area contributed by atoms with Crippen LogP contribution in [0.5, 0.6) is 0 Å². The summed E-state index contributed by atoms with van der Waals surface area (Å²) in [6.45, 7) is 6.50. The van der Waals surface area contributed by atoms with Crippen molar-refractivity contribution < 1.29 is 28.6 Å². The predicted octanol–water partition coefficient (Wildman–Crippen LogP) is 24.0. The molecule has 0 saturated heterocycles. The van der Waals surface area contributed by atoms with Crippen LogP contribution in [0.1, 0.15) is 342 Å². The summed E-state index contributed by atoms with van der Waals surface area (Å²) in [5.41, 5.74) is 0. The van der Waals surface area contributed by atoms with Crippen LogP contribution >= 0.6 is 0 Å². The molecule has 1 unspecified atom stereocenters. The van der Waals surface area contributed by atoms with Crippen LogP contribution in [0.3, 0.4) is 0 Å². The number of ether oxygens (including phenoxy) is 3. The molecule has 0 aromatic heterocycles. The van der Waals surface area contributed by atoms with Crippen LogP contribution in [-0.2, 0) is 28.6 Å². The van der Waals surface area contributed by atoms with E-state index >= 15 is 0 Å². The summed E-state index contributed by atoms with van der Waals surface area (Å²) < 4.78 is 16.9. The van der Waals surface area contributed by atoms with Crippen LogP contribution in [0.25, 0.3) is 0 Å². The number of rotatable bonds is 63. The van der Waals surface area contributed by atoms with Gasteiger partial charge in [0.15, 0.2) is 6.10 Å². The second-order valence-corrected chi connectivity index (χ2v) is 23.1. The maximum absolute atomic E-state index is 12.9. The number of unbranched alkanes of at least 4 members (excludes halogenated alkanes) is 36. The van der Waals surface area contributed by atoms with Crippen LogP contribution in [0.4, 0.5) is 0 Å². The van der Waals surface area contributed by atoms with Crippen LogP contribution < -0.4 is 0 Å². The lowest BCUT2D eigenvalue weighted by molar-refractivity contribution is -0.167. The summed E-state index contributed by atoms with van der Waals surface area (Å²) in [6.07, 6.45) is 93.1. The Morgan fingerprint density at radius 1 is 0.259 bits per heavy atom. The Bertz CT molecular complexity index is 1580. The summed E-state index contributed by atoms with van der Waals surface area (Å²) >= 11 is 0. The fourth-order valence-electron chi connectivity index (χ4n) is 9.89. The maximum atomic E-state index is 12.9. The normalized spacial score (nSPS) is 12.7. The van der Waals surface area contributed by atoms with Crippen molar-refractivity contribution in [3.05, 3.63) is 97.2 Å². The van der Waals surface area contributed by atoms with Crippen molar-refractivity contribution in [2.75, 3.05) is 13.2 Å². The second kappa shape index (κ2) is 68.8. The summed E-state index contributed by atoms with van der Waals surface area (Å²) in [5, 5.41) is 0. The first-order valence-corrected chi connectivity index (χ1v) is 34.7. The van der Waals surface area contributed by atoms with E-state index in [0.29, 0.717) is 19.3 Å². The minimum Gasteiger partial charge on any atom is -0.462 e. The Balaban J connectivity index is 4.09. The summed E-state index contributed by atoms with van der Waals surface area (Å²) in [7, 11) is 0. The van der Waals surface area contributed by atoms with Gasteiger partial charge < -0.3 is 14.2 Å². The van der Waals surface area contributed by atoms with Gasteiger partial charge in [-0.2, -0.15) is 0 Å². The highest BCUT2D eigenvalue weighted by Crippen LogP contribution is 2.17. The SMILES string of the molecule is CC/C=C\C/C=C\C/C=C\C/C=C\C/C=C\CCCCCCCCCCCCCC(=O)OC(COC(=O)CCCCCCCCC)COC(=O)CCCCCCCCCCCCCCCC/C=C\C/C=C\C/C=C\CCCCCCC. The molecule has 0 radical (unpaired) electrons. The third kappa shape index (κ3) is 67.0. The molecule has 0 fully saturated rings. The van der Waals surface area contributed by atoms with Gasteiger partial charge in [0.05, 0.1) is 0 Å². The highest BCUT2D eigenvalue weighted by atomic mass is 16.6. The fraction of sp³-hybridized carbons (Fsp3) is 0.747. The molecule has 0 amide bonds. The number of carbonyl (C=O) groups excluding carboxylic acids is 3. The molecule has 81 heavy (non-hydrogen) atoms. The van der Waals surface area contributed by atoms with Crippen molar-refractivity contribution in [1.29, 1.82) is 0 Å². The Labute approximate surface area is 502 Å². The standard InChI is InChI=1S/C75H130O6/c1-4-7-10-13-16-18-20-22-24-26-28-30-32-34-36-37-39-40-42-44-46-48-50-52-54-56-59-62-65-68-74(77)80-71-72(70-79-73(76)67-64-61-58-15-12-9-6-3)81-75(78)69-66-63-60-57-55-53-51-49-47-45-43-41-38-35-33-31-29-27-25-23-21-19-17-14-11-8-5-2/h8,11,17,19-20,22-23,25-26,28-29,31-32,34-35,38,72H,4-7,9-10,12-16,18,21,24,27,30,33,36-37,39-71H2,1-3H3/b11-8-,19-17-,22-20-,25-23-,28-26-,31-29-,34-32-,38-35-. The number of carbonyl (C=O) groups is 3. The molecule has 0 aliphatic heterocycles. The van der Waals surface area contributed by atoms with Crippen molar-refractivity contribution in [1.82, 2.24) is 0 Å². The summed E-state index contributed by atoms with van der Waals surface area (Å²) in [4.78, 5) is 38.2. The van der Waals surface area contributed by atoms with Crippen LogP contribution in [0.15, 0.2) is 97.2 Å². The van der Waals surface area contributed by atoms with E-state index in [-0.39, 0.29) is 31.1 Å². The highest BCUT2D eigenvalue weighted by molar-refractivity contribution is 5.71. The molecule has 0 saturated carbocycles. The van der Waals surface area contributed by atoms with E-state index in [1.54, 1.807) is 0 Å². The smallest absolute Gasteiger partial charge is 0.306 e. The molecular weight excluding hydrogens is 997 g/mol. The predicted molar refractivity (Wildman–Crippen MR) is 353 cm³/mol. The van der Waals surface area contributed by atoms with Gasteiger partial charge in [0.2, 0.25) is 0 Å². The molecule has 0 aromatic rings. The topological polar surface area (TPSA) is 78.9 Å². The average Bonchev–Trinajstić information content (AvgIpc) is 3.46. The molecule has 0 aliphatic carbocycles. The van der Waals surface area contributed by atoms with E-state index in [4.69, 9.17) is 14.2 Å². The molecule has 0 heterocycles. The molecule has 466 valence electrons. The van der Waals surface area contributed by atoms with Crippen molar-refractivity contribution in [3.8, 4) is 0 Å². The first-order valence-electron chi connectivity index (χ1n) is 34.7. The molecule has 0 N–H and O–H groups in total. The Hall–Kier alpha value is -3.67. The number of hydrogen-bond acceptors (Lipinski definition) is 6. The van der Waals surface area contributed by atoms with E-state index < -0.39 is 6.10 Å². The molecule has 0 aromatic carbocycles. The molecule has 0 rings (SSSR count). The van der Waals surface area contributed by atoms with Gasteiger partial charge in [-0.05, 0) is 103 Å². The van der Waals surface area contributed by atoms with Gasteiger partial charge in [-0.1, -0.05) is 317 Å². The molecule has 1 atom stereocenters. The molecule has 0 aliphatic rings. The largest absolute Gasteiger partial charge is 0.462 e. The summed E-state index contributed by atoms with van der Waals surface area (Å²) in [6, 6.07) is 0. The summed E-state index contributed by atoms with van der Waals surface area (Å²) in [5.74, 6) is -0.873. The Kier molecular flexibility index (Phi) is 65.7. The first-order chi connectivity index (χ1) is 40.0. The fourth-order valence-corrected chi connectivity index (χ4v) is 9.89. The van der Waals surface area contributed by atoms with Gasteiger partial charge in [-0.15, -0.1) is 0 Å². The van der Waals surface area contributed by atoms with Gasteiger partial charge in [0.25, 0.3) is 0 Å². The molecule has 0 spiro atoms. The Morgan fingerprint density at radius 2 is 0.481 bits per heavy atom. The first kappa shape index (κ1) is 77.3. The zero-order valence-electron chi connectivity index (χ0n) is 53.5. The molecular formula is C75H130O6. The third-order valence-corrected chi connectivity index (χ3v) is 15.1. The lowest BCUT2D eigenvalue weighted by Crippen LogP contribution is -2.30. The maximum Gasteiger partial charge on any atom is 0.306 e. The van der Waals surface area contributed by atoms with Gasteiger partial charge in [0, 0.05) is 19.3 Å². The lowest BCUT2D eigenvalue weighted by atomic mass is 10.0. The minimum absolute atomic E-state index is 0.0759. The minimum atomic E-state index is -0.777. The van der Waals surface area contributed by atoms with E-state index in [9.17, 15) is 14.4 Å². The number of allylic oxidation sites excluding steroid dienone is 16. The average molecular weight is 1130 g/mol. The van der Waals surface area contributed by atoms with Gasteiger partial charge >= 0.3 is 17.9 Å². The lowest BCUT2D eigenvalue weighted by Gasteiger charge is -2.18. The van der Waals surface area contributed by atoms with Crippen LogP contribution in [-0.4, -0.2) is 37.2 Å². The van der Waals surface area contributed by atoms with Gasteiger partial charge in [-0.3, -0.25) is 14.4 Å². The van der Waals surface area contributed by atoms with Crippen molar-refractivity contribution in [2.45, 2.75) is 348 Å². The molecule has 0 bridgehead atoms. The zero-order chi connectivity index (χ0) is 58.5. The van der Waals surface area contributed by atoms with E-state index in [2.05, 4.69) is 118 Å². The third-order valence-electron chi connectivity index (χ3n) is 15.1. The monoisotopic (exact) mass is 1130 g/mol. The number of esters is 3. The van der Waals surface area contributed by atoms with E-state index in [1.807, 2.05) is 0 Å². The van der Waals surface area contributed by atoms with Gasteiger partial charge in [0.1, 0.15) is 13.2 Å². The van der Waals surface area contributed by atoms with Crippen LogP contribution in [0.2, 0.25) is 0 Å². The second-order valence-electron chi connectivity index (χ2n) is 23.1.